The summed E-state index contributed by atoms with van der Waals surface area (Å²) in [5.74, 6) is 0.581. The number of allylic oxidation sites excluding steroid dienone is 5. The van der Waals surface area contributed by atoms with Crippen LogP contribution in [0.1, 0.15) is 34.6 Å². The van der Waals surface area contributed by atoms with Crippen LogP contribution in [0.4, 0.5) is 0 Å². The van der Waals surface area contributed by atoms with E-state index in [0.717, 1.165) is 0 Å². The van der Waals surface area contributed by atoms with E-state index in [2.05, 4.69) is 47.3 Å². The van der Waals surface area contributed by atoms with Gasteiger partial charge in [0.25, 0.3) is 0 Å². The number of hydrogen-bond acceptors (Lipinski definition) is 0. The van der Waals surface area contributed by atoms with E-state index in [4.69, 9.17) is 0 Å². The fourth-order valence-corrected chi connectivity index (χ4v) is 1.17. The summed E-state index contributed by atoms with van der Waals surface area (Å²) in [6.07, 6.45) is 3.97. The molecule has 12 heavy (non-hydrogen) atoms. The van der Waals surface area contributed by atoms with Crippen molar-refractivity contribution in [2.45, 2.75) is 34.6 Å². The van der Waals surface area contributed by atoms with Crippen molar-refractivity contribution in [3.63, 3.8) is 0 Å². The lowest BCUT2D eigenvalue weighted by molar-refractivity contribution is 0.774. The number of rotatable bonds is 3. The lowest BCUT2D eigenvalue weighted by Crippen LogP contribution is -1.96. The van der Waals surface area contributed by atoms with Crippen LogP contribution in [-0.2, 0) is 0 Å². The predicted molar refractivity (Wildman–Crippen MR) is 57.2 cm³/mol. The SMILES string of the molecule is C=C/C=C(/C(C)=C(C)C)C(C)C. The van der Waals surface area contributed by atoms with Gasteiger partial charge in [-0.3, -0.25) is 0 Å². The Morgan fingerprint density at radius 1 is 1.17 bits per heavy atom. The van der Waals surface area contributed by atoms with E-state index in [9.17, 15) is 0 Å². The van der Waals surface area contributed by atoms with Gasteiger partial charge in [0.1, 0.15) is 0 Å². The summed E-state index contributed by atoms with van der Waals surface area (Å²) >= 11 is 0. The molecule has 68 valence electrons. The van der Waals surface area contributed by atoms with E-state index < -0.39 is 0 Å². The first-order chi connectivity index (χ1) is 5.50. The Kier molecular flexibility index (Phi) is 4.65. The van der Waals surface area contributed by atoms with Crippen LogP contribution < -0.4 is 0 Å². The van der Waals surface area contributed by atoms with Crippen LogP contribution in [0.3, 0.4) is 0 Å². The van der Waals surface area contributed by atoms with Gasteiger partial charge in [-0.1, -0.05) is 38.2 Å². The van der Waals surface area contributed by atoms with Crippen LogP contribution in [0.5, 0.6) is 0 Å². The van der Waals surface area contributed by atoms with Gasteiger partial charge in [0, 0.05) is 0 Å². The molecule has 0 fully saturated rings. The molecule has 0 aliphatic carbocycles. The van der Waals surface area contributed by atoms with Crippen molar-refractivity contribution >= 4 is 0 Å². The molecule has 0 aliphatic heterocycles. The first-order valence-corrected chi connectivity index (χ1v) is 4.47. The van der Waals surface area contributed by atoms with Gasteiger partial charge in [0.2, 0.25) is 0 Å². The summed E-state index contributed by atoms with van der Waals surface area (Å²) in [6.45, 7) is 14.6. The van der Waals surface area contributed by atoms with E-state index in [1.807, 2.05) is 6.08 Å². The molecule has 0 heterocycles. The standard InChI is InChI=1S/C12H20/c1-7-8-12(10(4)5)11(6)9(2)3/h7-8,10H,1H2,2-6H3/b12-8+. The highest BCUT2D eigenvalue weighted by molar-refractivity contribution is 5.35. The minimum atomic E-state index is 0.581. The van der Waals surface area contributed by atoms with Crippen molar-refractivity contribution in [2.75, 3.05) is 0 Å². The third-order valence-corrected chi connectivity index (χ3v) is 2.10. The first-order valence-electron chi connectivity index (χ1n) is 4.47. The zero-order valence-corrected chi connectivity index (χ0v) is 8.94. The summed E-state index contributed by atoms with van der Waals surface area (Å²) in [6, 6.07) is 0. The molecular weight excluding hydrogens is 144 g/mol. The molecule has 0 heteroatoms. The minimum absolute atomic E-state index is 0.581. The van der Waals surface area contributed by atoms with Gasteiger partial charge in [-0.25, -0.2) is 0 Å². The van der Waals surface area contributed by atoms with Crippen molar-refractivity contribution in [3.05, 3.63) is 35.5 Å². The second-order valence-corrected chi connectivity index (χ2v) is 3.64. The van der Waals surface area contributed by atoms with Crippen molar-refractivity contribution in [1.29, 1.82) is 0 Å². The molecule has 0 saturated carbocycles. The van der Waals surface area contributed by atoms with Gasteiger partial charge in [-0.2, -0.15) is 0 Å². The molecule has 0 N–H and O–H groups in total. The average Bonchev–Trinajstić information content (AvgIpc) is 1.98. The highest BCUT2D eigenvalue weighted by Gasteiger charge is 2.04. The lowest BCUT2D eigenvalue weighted by Gasteiger charge is -2.13. The molecule has 0 bridgehead atoms. The van der Waals surface area contributed by atoms with Crippen LogP contribution in [-0.4, -0.2) is 0 Å². The molecule has 0 rings (SSSR count). The summed E-state index contributed by atoms with van der Waals surface area (Å²) in [4.78, 5) is 0. The molecule has 0 unspecified atom stereocenters. The fraction of sp³-hybridized carbons (Fsp3) is 0.500. The van der Waals surface area contributed by atoms with E-state index >= 15 is 0 Å². The molecule has 0 saturated heterocycles. The maximum absolute atomic E-state index is 3.73. The maximum Gasteiger partial charge on any atom is -0.0216 e. The largest absolute Gasteiger partial charge is 0.0991 e. The molecule has 0 aromatic carbocycles. The van der Waals surface area contributed by atoms with Crippen LogP contribution in [0.25, 0.3) is 0 Å². The Labute approximate surface area is 76.7 Å². The molecule has 0 aromatic rings. The van der Waals surface area contributed by atoms with E-state index in [1.54, 1.807) is 0 Å². The Morgan fingerprint density at radius 3 is 1.92 bits per heavy atom. The molecule has 0 spiro atoms. The quantitative estimate of drug-likeness (QED) is 0.551. The van der Waals surface area contributed by atoms with Crippen LogP contribution >= 0.6 is 0 Å². The summed E-state index contributed by atoms with van der Waals surface area (Å²) in [5, 5.41) is 0. The Hall–Kier alpha value is -0.780. The third-order valence-electron chi connectivity index (χ3n) is 2.10. The van der Waals surface area contributed by atoms with Crippen LogP contribution in [0.15, 0.2) is 35.5 Å². The zero-order chi connectivity index (χ0) is 9.72. The molecule has 0 aliphatic rings. The van der Waals surface area contributed by atoms with E-state index in [-0.39, 0.29) is 0 Å². The van der Waals surface area contributed by atoms with Gasteiger partial charge in [-0.05, 0) is 37.8 Å². The Balaban J connectivity index is 4.90. The smallest absolute Gasteiger partial charge is 0.0216 e. The minimum Gasteiger partial charge on any atom is -0.0991 e. The summed E-state index contributed by atoms with van der Waals surface area (Å²) < 4.78 is 0. The predicted octanol–water partition coefficient (Wildman–Crippen LogP) is 4.11. The molecule has 0 atom stereocenters. The fourth-order valence-electron chi connectivity index (χ4n) is 1.17. The second kappa shape index (κ2) is 4.97. The zero-order valence-electron chi connectivity index (χ0n) is 8.94. The summed E-state index contributed by atoms with van der Waals surface area (Å²) in [7, 11) is 0. The molecule has 0 amide bonds. The Morgan fingerprint density at radius 2 is 1.67 bits per heavy atom. The molecule has 0 aromatic heterocycles. The molecule has 0 nitrogen and oxygen atoms in total. The third kappa shape index (κ3) is 3.08. The summed E-state index contributed by atoms with van der Waals surface area (Å²) in [5.41, 5.74) is 4.17. The molecular formula is C12H20. The van der Waals surface area contributed by atoms with E-state index in [0.29, 0.717) is 5.92 Å². The monoisotopic (exact) mass is 164 g/mol. The maximum atomic E-state index is 3.73. The van der Waals surface area contributed by atoms with Crippen molar-refractivity contribution < 1.29 is 0 Å². The van der Waals surface area contributed by atoms with Crippen LogP contribution in [0.2, 0.25) is 0 Å². The Bertz CT molecular complexity index is 210. The van der Waals surface area contributed by atoms with Gasteiger partial charge in [-0.15, -0.1) is 0 Å². The van der Waals surface area contributed by atoms with Crippen molar-refractivity contribution in [3.8, 4) is 0 Å². The van der Waals surface area contributed by atoms with Crippen molar-refractivity contribution in [2.24, 2.45) is 5.92 Å². The first kappa shape index (κ1) is 11.2. The highest BCUT2D eigenvalue weighted by Crippen LogP contribution is 2.21. The average molecular weight is 164 g/mol. The van der Waals surface area contributed by atoms with Crippen molar-refractivity contribution in [1.82, 2.24) is 0 Å². The molecule has 0 radical (unpaired) electrons. The van der Waals surface area contributed by atoms with Crippen LogP contribution in [0, 0.1) is 5.92 Å². The highest BCUT2D eigenvalue weighted by atomic mass is 14.1. The lowest BCUT2D eigenvalue weighted by atomic mass is 9.93. The van der Waals surface area contributed by atoms with Gasteiger partial charge >= 0.3 is 0 Å². The van der Waals surface area contributed by atoms with E-state index in [1.165, 1.54) is 16.7 Å². The number of hydrogen-bond donors (Lipinski definition) is 0. The van der Waals surface area contributed by atoms with Gasteiger partial charge in [0.15, 0.2) is 0 Å². The topological polar surface area (TPSA) is 0 Å². The normalized spacial score (nSPS) is 11.7. The second-order valence-electron chi connectivity index (χ2n) is 3.64. The van der Waals surface area contributed by atoms with Gasteiger partial charge < -0.3 is 0 Å². The van der Waals surface area contributed by atoms with Gasteiger partial charge in [0.05, 0.1) is 0 Å².